The van der Waals surface area contributed by atoms with E-state index in [1.807, 2.05) is 122 Å². The van der Waals surface area contributed by atoms with Gasteiger partial charge in [-0.25, -0.2) is 4.79 Å². The number of carbonyl (C=O) groups excluding carboxylic acids is 6. The van der Waals surface area contributed by atoms with Crippen molar-refractivity contribution in [3.05, 3.63) is 220 Å². The Kier molecular flexibility index (Phi) is 27.1. The van der Waals surface area contributed by atoms with Crippen LogP contribution in [0.15, 0.2) is 164 Å². The molecule has 2 aromatic heterocycles. The number of aryl methyl sites for hydroxylation is 2. The summed E-state index contributed by atoms with van der Waals surface area (Å²) in [6.07, 6.45) is 1.73. The van der Waals surface area contributed by atoms with Gasteiger partial charge in [-0.2, -0.15) is 21.6 Å². The molecule has 13 rings (SSSR count). The molecule has 4 N–H and O–H groups in total. The molecule has 0 saturated carbocycles. The maximum atomic E-state index is 14.8. The molecule has 0 bridgehead atoms. The Balaban J connectivity index is 0.000000202. The van der Waals surface area contributed by atoms with Gasteiger partial charge in [0.2, 0.25) is 11.6 Å². The number of rotatable bonds is 19. The molecule has 106 heavy (non-hydrogen) atoms. The third kappa shape index (κ3) is 20.4. The second-order valence-electron chi connectivity index (χ2n) is 26.6. The molecule has 4 fully saturated rings. The van der Waals surface area contributed by atoms with E-state index in [1.165, 1.54) is 12.8 Å². The lowest BCUT2D eigenvalue weighted by molar-refractivity contribution is -0.192. The number of aromatic amines is 1. The van der Waals surface area contributed by atoms with Gasteiger partial charge in [-0.15, -0.1) is 0 Å². The highest BCUT2D eigenvalue weighted by Gasteiger charge is 2.38. The summed E-state index contributed by atoms with van der Waals surface area (Å²) < 4.78 is 61.2. The summed E-state index contributed by atoms with van der Waals surface area (Å²) in [4.78, 5) is 108. The van der Waals surface area contributed by atoms with Crippen molar-refractivity contribution in [2.45, 2.75) is 58.5 Å². The normalized spacial score (nSPS) is 14.8. The molecule has 0 unspecified atom stereocenters. The summed E-state index contributed by atoms with van der Waals surface area (Å²) in [5, 5.41) is 15.1. The van der Waals surface area contributed by atoms with Gasteiger partial charge < -0.3 is 54.4 Å². The van der Waals surface area contributed by atoms with Crippen LogP contribution >= 0.6 is 0 Å². The average Bonchev–Trinajstić information content (AvgIpc) is 1.60. The molecule has 0 radical (unpaired) electrons. The van der Waals surface area contributed by atoms with Crippen LogP contribution in [-0.2, 0) is 25.8 Å². The highest BCUT2D eigenvalue weighted by molar-refractivity contribution is 7.51. The predicted molar refractivity (Wildman–Crippen MR) is 403 cm³/mol. The quantitative estimate of drug-likeness (QED) is 0.0549. The Hall–Kier alpha value is -10.6. The number of amides is 4. The third-order valence-corrected chi connectivity index (χ3v) is 19.1. The number of H-pyrrole nitrogens is 1. The number of para-hydroxylation sites is 1. The number of aromatic nitrogens is 2. The number of nitrogens with one attached hydrogen (secondary N) is 3. The monoisotopic (exact) mass is 1470 g/mol. The molecule has 4 aliphatic rings. The van der Waals surface area contributed by atoms with Crippen molar-refractivity contribution in [1.82, 2.24) is 29.2 Å². The minimum absolute atomic E-state index is 0.145. The van der Waals surface area contributed by atoms with Crippen LogP contribution < -0.4 is 20.4 Å². The number of likely N-dealkylation sites (N-methyl/N-ethyl adjacent to an activating group) is 2. The minimum Gasteiger partial charge on any atom is -0.475 e. The average molecular weight is 1470 g/mol. The zero-order valence-corrected chi connectivity index (χ0v) is 60.6. The zero-order valence-electron chi connectivity index (χ0n) is 59.8. The highest BCUT2D eigenvalue weighted by Crippen LogP contribution is 2.34. The summed E-state index contributed by atoms with van der Waals surface area (Å²) in [5.41, 5.74) is 11.1. The van der Waals surface area contributed by atoms with Crippen LogP contribution in [0.5, 0.6) is 0 Å². The van der Waals surface area contributed by atoms with E-state index >= 15 is 0 Å². The van der Waals surface area contributed by atoms with Gasteiger partial charge in [0, 0.05) is 159 Å². The number of carbonyl (C=O) groups is 7. The molecule has 4 saturated heterocycles. The second-order valence-corrected chi connectivity index (χ2v) is 26.7. The van der Waals surface area contributed by atoms with E-state index in [0.29, 0.717) is 95.7 Å². The minimum atomic E-state index is -5.08. The summed E-state index contributed by atoms with van der Waals surface area (Å²) in [5.74, 6) is -4.20. The van der Waals surface area contributed by atoms with Crippen LogP contribution in [0.25, 0.3) is 27.5 Å². The van der Waals surface area contributed by atoms with Crippen molar-refractivity contribution in [2.24, 2.45) is 0 Å². The number of carboxylic acids is 1. The molecule has 26 heteroatoms. The van der Waals surface area contributed by atoms with Crippen LogP contribution in [0.1, 0.15) is 123 Å². The Bertz CT molecular complexity index is 4650. The van der Waals surface area contributed by atoms with E-state index in [4.69, 9.17) is 27.8 Å². The number of hydrogen-bond donors (Lipinski definition) is 4. The lowest BCUT2D eigenvalue weighted by Gasteiger charge is -2.29. The fourth-order valence-corrected chi connectivity index (χ4v) is 13.2. The molecule has 4 aliphatic heterocycles. The molecule has 556 valence electrons. The number of halogens is 3. The highest BCUT2D eigenvalue weighted by atomic mass is 32.1. The zero-order chi connectivity index (χ0) is 75.4. The second kappa shape index (κ2) is 36.9. The molecular weight excluding hydrogens is 1380 g/mol. The van der Waals surface area contributed by atoms with Gasteiger partial charge >= 0.3 is 23.7 Å². The van der Waals surface area contributed by atoms with Gasteiger partial charge in [0.15, 0.2) is 0 Å². The number of fused-ring (bicyclic) bond motifs is 2. The van der Waals surface area contributed by atoms with Gasteiger partial charge in [0.1, 0.15) is 0 Å². The maximum Gasteiger partial charge on any atom is 0.490 e. The Morgan fingerprint density at radius 3 is 1.42 bits per heavy atom. The van der Waals surface area contributed by atoms with E-state index in [2.05, 4.69) is 47.3 Å². The standard InChI is InChI=1S/C42H45N5O4.C36H41N5O4.C2HF3O2.O2S/c1-30-14-15-31-28-39(47(38(31)26-30)34-12-5-3-6-13-34)40(48)36-29-35(46-18-7-4-8-19-46)16-17-37(36)43-41(49)32-10-9-11-33(27-32)42(50)44(2)20-21-45-22-24-51-25-23-45;1-25-9-10-26-23-33(37-32(26)21-25)34(42)30-24-29(41-13-4-3-5-14-41)11-12-31(30)38-35(43)27-7-6-8-28(22-27)36(44)39(2)15-16-40-17-19-45-20-18-40;3-2(4,5)1(6)7;1-3-2/h3,5-6,9-17,26-29H,4,7-8,18-25H2,1-2H3,(H,43,49);6-12,21-24,37H,3-5,13-20H2,1-2H3,(H,38,43);(H,6,7);. The fraction of sp³-hybridized carbons (Fsp3) is 0.338. The maximum absolute atomic E-state index is 14.8. The van der Waals surface area contributed by atoms with E-state index in [-0.39, 0.29) is 35.2 Å². The number of carboxylic acid groups (broad SMARTS) is 1. The van der Waals surface area contributed by atoms with E-state index in [1.54, 1.807) is 72.4 Å². The Morgan fingerprint density at radius 2 is 0.943 bits per heavy atom. The van der Waals surface area contributed by atoms with Crippen LogP contribution in [-0.4, -0.2) is 209 Å². The van der Waals surface area contributed by atoms with Crippen molar-refractivity contribution < 1.29 is 69.7 Å². The fourth-order valence-electron chi connectivity index (χ4n) is 13.2. The number of hydrogen-bond acceptors (Lipinski definition) is 15. The lowest BCUT2D eigenvalue weighted by Crippen LogP contribution is -2.41. The molecule has 4 amide bonds. The molecule has 22 nitrogen and oxygen atoms in total. The SMILES string of the molecule is Cc1ccc2cc(C(=O)c3cc(N4CCCCC4)ccc3NC(=O)c3cccc(C(=O)N(C)CCN4CCOCC4)c3)[nH]c2c1.Cc1ccc2cc(C(=O)c3cc(N4CCCCC4)ccc3NC(=O)c3cccc(C(=O)N(C)CCN4CCOCC4)c3)n(-c3ccccc3)c2c1.O=C(O)C(F)(F)F.O=S=O. The molecule has 7 aromatic carbocycles. The van der Waals surface area contributed by atoms with Crippen LogP contribution in [0.2, 0.25) is 0 Å². The summed E-state index contributed by atoms with van der Waals surface area (Å²) >= 11 is -0.750. The van der Waals surface area contributed by atoms with Gasteiger partial charge in [-0.05, 0) is 173 Å². The van der Waals surface area contributed by atoms with Gasteiger partial charge in [0.05, 0.1) is 54.7 Å². The largest absolute Gasteiger partial charge is 0.490 e. The van der Waals surface area contributed by atoms with Gasteiger partial charge in [-0.1, -0.05) is 54.6 Å². The number of alkyl halides is 3. The third-order valence-electron chi connectivity index (χ3n) is 19.1. The first-order chi connectivity index (χ1) is 51.1. The molecule has 0 spiro atoms. The van der Waals surface area contributed by atoms with E-state index in [9.17, 15) is 41.9 Å². The molecular formula is C80H87F3N10O12S. The first-order valence-electron chi connectivity index (χ1n) is 35.4. The van der Waals surface area contributed by atoms with Gasteiger partial charge in [0.25, 0.3) is 23.6 Å². The number of aliphatic carboxylic acids is 1. The number of piperidine rings is 2. The number of benzene rings is 7. The van der Waals surface area contributed by atoms with E-state index in [0.717, 1.165) is 141 Å². The number of morpholine rings is 2. The summed E-state index contributed by atoms with van der Waals surface area (Å²) in [7, 11) is 3.57. The molecule has 0 aliphatic carbocycles. The van der Waals surface area contributed by atoms with Crippen LogP contribution in [0.4, 0.5) is 35.9 Å². The number of ketones is 2. The Morgan fingerprint density at radius 1 is 0.500 bits per heavy atom. The molecule has 9 aromatic rings. The molecule has 6 heterocycles. The predicted octanol–water partition coefficient (Wildman–Crippen LogP) is 12.1. The van der Waals surface area contributed by atoms with Crippen LogP contribution in [0, 0.1) is 13.8 Å². The van der Waals surface area contributed by atoms with Crippen molar-refractivity contribution in [1.29, 1.82) is 0 Å². The smallest absolute Gasteiger partial charge is 0.475 e. The number of ether oxygens (including phenoxy) is 2. The first-order valence-corrected chi connectivity index (χ1v) is 36.0. The molecule has 0 atom stereocenters. The first kappa shape index (κ1) is 78.0. The van der Waals surface area contributed by atoms with Crippen molar-refractivity contribution in [3.8, 4) is 5.69 Å². The Labute approximate surface area is 616 Å². The number of nitrogens with zero attached hydrogens (tertiary/aromatic N) is 7. The van der Waals surface area contributed by atoms with Crippen molar-refractivity contribution in [2.75, 3.05) is 139 Å². The summed E-state index contributed by atoms with van der Waals surface area (Å²) in [6, 6.07) is 50.9. The lowest BCUT2D eigenvalue weighted by atomic mass is 10.0. The van der Waals surface area contributed by atoms with E-state index < -0.39 is 23.7 Å². The summed E-state index contributed by atoms with van der Waals surface area (Å²) in [6.45, 7) is 16.7. The van der Waals surface area contributed by atoms with Crippen molar-refractivity contribution >= 4 is 97.3 Å². The van der Waals surface area contributed by atoms with Crippen molar-refractivity contribution in [3.63, 3.8) is 0 Å². The van der Waals surface area contributed by atoms with Gasteiger partial charge in [-0.3, -0.25) is 38.6 Å². The van der Waals surface area contributed by atoms with Crippen LogP contribution in [0.3, 0.4) is 0 Å². The topological polar surface area (TPSA) is 257 Å². The number of anilines is 4.